The van der Waals surface area contributed by atoms with Gasteiger partial charge in [-0.2, -0.15) is 0 Å². The quantitative estimate of drug-likeness (QED) is 0.503. The van der Waals surface area contributed by atoms with Crippen LogP contribution in [0, 0.1) is 0 Å². The molecule has 3 rings (SSSR count). The van der Waals surface area contributed by atoms with Crippen molar-refractivity contribution in [1.82, 2.24) is 5.32 Å². The summed E-state index contributed by atoms with van der Waals surface area (Å²) in [5, 5.41) is 2.68. The molecule has 1 N–H and O–H groups in total. The van der Waals surface area contributed by atoms with Crippen molar-refractivity contribution >= 4 is 17.7 Å². The van der Waals surface area contributed by atoms with Gasteiger partial charge in [-0.05, 0) is 25.1 Å². The van der Waals surface area contributed by atoms with E-state index in [0.717, 1.165) is 0 Å². The van der Waals surface area contributed by atoms with Gasteiger partial charge >= 0.3 is 5.97 Å². The van der Waals surface area contributed by atoms with E-state index in [1.54, 1.807) is 67.6 Å². The number of carbonyl (C=O) groups is 3. The summed E-state index contributed by atoms with van der Waals surface area (Å²) in [7, 11) is 0. The number of hydrogen-bond donors (Lipinski definition) is 1. The Morgan fingerprint density at radius 3 is 2.29 bits per heavy atom. The van der Waals surface area contributed by atoms with Gasteiger partial charge in [-0.15, -0.1) is 0 Å². The summed E-state index contributed by atoms with van der Waals surface area (Å²) < 4.78 is 10.3. The first-order chi connectivity index (χ1) is 13.6. The van der Waals surface area contributed by atoms with Crippen LogP contribution in [0.4, 0.5) is 0 Å². The van der Waals surface area contributed by atoms with Crippen LogP contribution in [0.5, 0.6) is 0 Å². The van der Waals surface area contributed by atoms with Crippen molar-refractivity contribution in [1.29, 1.82) is 0 Å². The monoisotopic (exact) mass is 377 g/mol. The second-order valence-corrected chi connectivity index (χ2v) is 6.12. The number of benzene rings is 2. The number of amides is 1. The molecule has 0 unspecified atom stereocenters. The van der Waals surface area contributed by atoms with E-state index in [9.17, 15) is 14.4 Å². The molecule has 1 heterocycles. The molecule has 0 aliphatic heterocycles. The Labute approximate surface area is 162 Å². The van der Waals surface area contributed by atoms with E-state index in [1.165, 1.54) is 12.3 Å². The maximum atomic E-state index is 12.7. The number of rotatable bonds is 7. The van der Waals surface area contributed by atoms with Gasteiger partial charge < -0.3 is 14.5 Å². The molecule has 6 heteroatoms. The number of esters is 1. The summed E-state index contributed by atoms with van der Waals surface area (Å²) in [6, 6.07) is 18.1. The number of furan rings is 1. The highest BCUT2D eigenvalue weighted by atomic mass is 16.5. The van der Waals surface area contributed by atoms with E-state index in [-0.39, 0.29) is 23.0 Å². The lowest BCUT2D eigenvalue weighted by atomic mass is 9.98. The van der Waals surface area contributed by atoms with Crippen LogP contribution in [-0.2, 0) is 9.53 Å². The van der Waals surface area contributed by atoms with Crippen molar-refractivity contribution in [3.63, 3.8) is 0 Å². The lowest BCUT2D eigenvalue weighted by Gasteiger charge is -2.12. The molecule has 142 valence electrons. The minimum atomic E-state index is -0.735. The fraction of sp³-hybridized carbons (Fsp3) is 0.136. The zero-order valence-corrected chi connectivity index (χ0v) is 15.3. The Balaban J connectivity index is 1.65. The molecule has 1 atom stereocenters. The molecule has 0 bridgehead atoms. The predicted octanol–water partition coefficient (Wildman–Crippen LogP) is 3.54. The summed E-state index contributed by atoms with van der Waals surface area (Å²) in [5.41, 5.74) is 0.805. The van der Waals surface area contributed by atoms with Gasteiger partial charge in [-0.3, -0.25) is 9.59 Å². The average Bonchev–Trinajstić information content (AvgIpc) is 3.27. The van der Waals surface area contributed by atoms with E-state index in [1.807, 2.05) is 0 Å². The van der Waals surface area contributed by atoms with Crippen LogP contribution >= 0.6 is 0 Å². The minimum absolute atomic E-state index is 0.114. The third-order valence-corrected chi connectivity index (χ3v) is 4.11. The SMILES string of the molecule is C[C@@H](NC(=O)COC(=O)c1ccccc1C(=O)c1ccccc1)c1ccco1. The highest BCUT2D eigenvalue weighted by Gasteiger charge is 2.20. The van der Waals surface area contributed by atoms with Gasteiger partial charge in [0.2, 0.25) is 0 Å². The highest BCUT2D eigenvalue weighted by Crippen LogP contribution is 2.16. The average molecular weight is 377 g/mol. The van der Waals surface area contributed by atoms with Crippen molar-refractivity contribution in [3.8, 4) is 0 Å². The molecule has 0 aliphatic rings. The number of ether oxygens (including phenoxy) is 1. The van der Waals surface area contributed by atoms with Gasteiger partial charge in [0.25, 0.3) is 5.91 Å². The lowest BCUT2D eigenvalue weighted by molar-refractivity contribution is -0.125. The number of hydrogen-bond acceptors (Lipinski definition) is 5. The second-order valence-electron chi connectivity index (χ2n) is 6.12. The van der Waals surface area contributed by atoms with Gasteiger partial charge in [0, 0.05) is 11.1 Å². The van der Waals surface area contributed by atoms with Crippen LogP contribution in [0.25, 0.3) is 0 Å². The molecular formula is C22H19NO5. The number of nitrogens with one attached hydrogen (secondary N) is 1. The topological polar surface area (TPSA) is 85.6 Å². The van der Waals surface area contributed by atoms with Gasteiger partial charge in [-0.25, -0.2) is 4.79 Å². The van der Waals surface area contributed by atoms with Gasteiger partial charge in [0.15, 0.2) is 12.4 Å². The molecule has 3 aromatic rings. The fourth-order valence-electron chi connectivity index (χ4n) is 2.70. The van der Waals surface area contributed by atoms with Crippen molar-refractivity contribution in [2.45, 2.75) is 13.0 Å². The number of ketones is 1. The van der Waals surface area contributed by atoms with Crippen LogP contribution in [0.1, 0.15) is 45.0 Å². The van der Waals surface area contributed by atoms with Crippen LogP contribution < -0.4 is 5.32 Å². The van der Waals surface area contributed by atoms with Gasteiger partial charge in [-0.1, -0.05) is 48.5 Å². The normalized spacial score (nSPS) is 11.5. The molecule has 0 saturated heterocycles. The van der Waals surface area contributed by atoms with Crippen molar-refractivity contribution in [2.75, 3.05) is 6.61 Å². The van der Waals surface area contributed by atoms with Gasteiger partial charge in [0.05, 0.1) is 17.9 Å². The summed E-state index contributed by atoms with van der Waals surface area (Å²) in [5.74, 6) is -0.896. The van der Waals surface area contributed by atoms with Crippen molar-refractivity contribution in [3.05, 3.63) is 95.4 Å². The molecule has 0 aliphatic carbocycles. The van der Waals surface area contributed by atoms with Crippen LogP contribution in [0.15, 0.2) is 77.4 Å². The molecular weight excluding hydrogens is 358 g/mol. The summed E-state index contributed by atoms with van der Waals surface area (Å²) in [6.45, 7) is 1.30. The molecule has 0 spiro atoms. The standard InChI is InChI=1S/C22H19NO5/c1-15(19-12-7-13-27-19)23-20(24)14-28-22(26)18-11-6-5-10-17(18)21(25)16-8-3-2-4-9-16/h2-13,15H,14H2,1H3,(H,23,24)/t15-/m1/s1. The van der Waals surface area contributed by atoms with Crippen LogP contribution in [-0.4, -0.2) is 24.3 Å². The van der Waals surface area contributed by atoms with E-state index < -0.39 is 18.5 Å². The fourth-order valence-corrected chi connectivity index (χ4v) is 2.70. The van der Waals surface area contributed by atoms with Crippen LogP contribution in [0.2, 0.25) is 0 Å². The summed E-state index contributed by atoms with van der Waals surface area (Å²) in [4.78, 5) is 37.2. The molecule has 6 nitrogen and oxygen atoms in total. The highest BCUT2D eigenvalue weighted by molar-refractivity contribution is 6.14. The zero-order chi connectivity index (χ0) is 19.9. The summed E-state index contributed by atoms with van der Waals surface area (Å²) >= 11 is 0. The zero-order valence-electron chi connectivity index (χ0n) is 15.3. The second kappa shape index (κ2) is 8.81. The van der Waals surface area contributed by atoms with E-state index >= 15 is 0 Å². The Morgan fingerprint density at radius 1 is 0.929 bits per heavy atom. The third kappa shape index (κ3) is 4.54. The molecule has 2 aromatic carbocycles. The Morgan fingerprint density at radius 2 is 1.61 bits per heavy atom. The molecule has 28 heavy (non-hydrogen) atoms. The lowest BCUT2D eigenvalue weighted by Crippen LogP contribution is -2.31. The maximum absolute atomic E-state index is 12.7. The third-order valence-electron chi connectivity index (χ3n) is 4.11. The van der Waals surface area contributed by atoms with E-state index in [2.05, 4.69) is 5.32 Å². The predicted molar refractivity (Wildman–Crippen MR) is 102 cm³/mol. The molecule has 1 aromatic heterocycles. The molecule has 0 fully saturated rings. The Bertz CT molecular complexity index is 964. The molecule has 0 radical (unpaired) electrons. The Hall–Kier alpha value is -3.67. The van der Waals surface area contributed by atoms with Gasteiger partial charge in [0.1, 0.15) is 5.76 Å². The summed E-state index contributed by atoms with van der Waals surface area (Å²) in [6.07, 6.45) is 1.51. The molecule has 0 saturated carbocycles. The molecule has 1 amide bonds. The minimum Gasteiger partial charge on any atom is -0.467 e. The first-order valence-corrected chi connectivity index (χ1v) is 8.75. The Kier molecular flexibility index (Phi) is 6.01. The van der Waals surface area contributed by atoms with E-state index in [0.29, 0.717) is 11.3 Å². The number of carbonyl (C=O) groups excluding carboxylic acids is 3. The van der Waals surface area contributed by atoms with E-state index in [4.69, 9.17) is 9.15 Å². The van der Waals surface area contributed by atoms with Crippen LogP contribution in [0.3, 0.4) is 0 Å². The maximum Gasteiger partial charge on any atom is 0.339 e. The largest absolute Gasteiger partial charge is 0.467 e. The van der Waals surface area contributed by atoms with Crippen molar-refractivity contribution in [2.24, 2.45) is 0 Å². The first-order valence-electron chi connectivity index (χ1n) is 8.75. The first kappa shape index (κ1) is 19.1. The van der Waals surface area contributed by atoms with Crippen molar-refractivity contribution < 1.29 is 23.5 Å². The smallest absolute Gasteiger partial charge is 0.339 e.